The molecule has 0 amide bonds. The Bertz CT molecular complexity index is 878. The van der Waals surface area contributed by atoms with E-state index >= 15 is 0 Å². The van der Waals surface area contributed by atoms with E-state index in [1.54, 1.807) is 42.5 Å². The summed E-state index contributed by atoms with van der Waals surface area (Å²) in [4.78, 5) is 27.0. The molecule has 3 N–H and O–H groups in total. The molecule has 0 spiro atoms. The van der Waals surface area contributed by atoms with E-state index < -0.39 is 5.69 Å². The van der Waals surface area contributed by atoms with Crippen LogP contribution in [0, 0.1) is 0 Å². The van der Waals surface area contributed by atoms with Crippen LogP contribution >= 0.6 is 11.6 Å². The number of rotatable bonds is 2. The topological polar surface area (TPSA) is 80.9 Å². The molecule has 0 aliphatic rings. The van der Waals surface area contributed by atoms with Crippen LogP contribution in [-0.4, -0.2) is 15.5 Å². The van der Waals surface area contributed by atoms with Gasteiger partial charge in [-0.25, -0.2) is 9.36 Å². The summed E-state index contributed by atoms with van der Waals surface area (Å²) in [5.41, 5.74) is 7.60. The third kappa shape index (κ3) is 2.55. The monoisotopic (exact) mass is 301 g/mol. The molecule has 0 aliphatic carbocycles. The summed E-state index contributed by atoms with van der Waals surface area (Å²) in [6.45, 7) is 0. The van der Waals surface area contributed by atoms with Gasteiger partial charge < -0.3 is 10.7 Å². The molecular formula is C15H12ClN3O2. The molecular weight excluding hydrogens is 290 g/mol. The largest absolute Gasteiger partial charge is 0.399 e. The van der Waals surface area contributed by atoms with Crippen LogP contribution in [0.25, 0.3) is 11.0 Å². The highest BCUT2D eigenvalue weighted by Gasteiger charge is 2.14. The maximum absolute atomic E-state index is 12.4. The van der Waals surface area contributed by atoms with Crippen molar-refractivity contribution in [2.75, 3.05) is 5.73 Å². The van der Waals surface area contributed by atoms with Crippen molar-refractivity contribution in [2.24, 2.45) is 0 Å². The Morgan fingerprint density at radius 3 is 2.62 bits per heavy atom. The lowest BCUT2D eigenvalue weighted by Gasteiger charge is -2.03. The number of hydrogen-bond donors (Lipinski definition) is 2. The molecule has 21 heavy (non-hydrogen) atoms. The van der Waals surface area contributed by atoms with Crippen molar-refractivity contribution in [1.82, 2.24) is 9.55 Å². The summed E-state index contributed by atoms with van der Waals surface area (Å²) in [6, 6.07) is 11.9. The van der Waals surface area contributed by atoms with Crippen molar-refractivity contribution < 1.29 is 4.79 Å². The van der Waals surface area contributed by atoms with Gasteiger partial charge in [0.05, 0.1) is 17.5 Å². The minimum atomic E-state index is -0.463. The number of nitrogens with two attached hydrogens (primary N) is 1. The van der Waals surface area contributed by atoms with Gasteiger partial charge >= 0.3 is 5.69 Å². The maximum atomic E-state index is 12.4. The Kier molecular flexibility index (Phi) is 3.27. The van der Waals surface area contributed by atoms with Crippen molar-refractivity contribution >= 4 is 34.2 Å². The van der Waals surface area contributed by atoms with E-state index in [1.807, 2.05) is 0 Å². The van der Waals surface area contributed by atoms with Gasteiger partial charge in [-0.3, -0.25) is 4.79 Å². The highest BCUT2D eigenvalue weighted by molar-refractivity contribution is 6.30. The number of aromatic amines is 1. The van der Waals surface area contributed by atoms with Crippen molar-refractivity contribution in [1.29, 1.82) is 0 Å². The van der Waals surface area contributed by atoms with E-state index in [9.17, 15) is 9.59 Å². The number of benzene rings is 2. The SMILES string of the molecule is Nc1ccc2[nH]c(=O)n(C(=O)Cc3ccc(Cl)cc3)c2c1. The lowest BCUT2D eigenvalue weighted by atomic mass is 10.1. The summed E-state index contributed by atoms with van der Waals surface area (Å²) >= 11 is 5.81. The molecule has 0 aliphatic heterocycles. The minimum absolute atomic E-state index is 0.110. The zero-order valence-electron chi connectivity index (χ0n) is 11.0. The summed E-state index contributed by atoms with van der Waals surface area (Å²) in [5.74, 6) is -0.320. The number of halogens is 1. The number of imidazole rings is 1. The van der Waals surface area contributed by atoms with E-state index in [0.717, 1.165) is 10.1 Å². The van der Waals surface area contributed by atoms with E-state index in [-0.39, 0.29) is 12.3 Å². The van der Waals surface area contributed by atoms with Crippen molar-refractivity contribution in [3.63, 3.8) is 0 Å². The molecule has 0 bridgehead atoms. The highest BCUT2D eigenvalue weighted by atomic mass is 35.5. The van der Waals surface area contributed by atoms with E-state index in [4.69, 9.17) is 17.3 Å². The average molecular weight is 302 g/mol. The average Bonchev–Trinajstić information content (AvgIpc) is 2.76. The Morgan fingerprint density at radius 1 is 1.19 bits per heavy atom. The first-order valence-electron chi connectivity index (χ1n) is 6.32. The Morgan fingerprint density at radius 2 is 1.90 bits per heavy atom. The first kappa shape index (κ1) is 13.5. The molecule has 0 saturated carbocycles. The Labute approximate surface area is 125 Å². The van der Waals surface area contributed by atoms with Crippen LogP contribution in [0.1, 0.15) is 10.4 Å². The molecule has 5 nitrogen and oxygen atoms in total. The lowest BCUT2D eigenvalue weighted by molar-refractivity contribution is 0.0915. The number of nitrogen functional groups attached to an aromatic ring is 1. The third-order valence-corrected chi connectivity index (χ3v) is 3.48. The van der Waals surface area contributed by atoms with Crippen LogP contribution in [-0.2, 0) is 6.42 Å². The van der Waals surface area contributed by atoms with Gasteiger partial charge in [0.1, 0.15) is 0 Å². The number of carbonyl (C=O) groups excluding carboxylic acids is 1. The Hall–Kier alpha value is -2.53. The number of carbonyl (C=O) groups is 1. The number of fused-ring (bicyclic) bond motifs is 1. The molecule has 1 heterocycles. The van der Waals surface area contributed by atoms with E-state index in [2.05, 4.69) is 4.98 Å². The third-order valence-electron chi connectivity index (χ3n) is 3.23. The molecule has 106 valence electrons. The van der Waals surface area contributed by atoms with Gasteiger partial charge in [-0.05, 0) is 35.9 Å². The van der Waals surface area contributed by atoms with Gasteiger partial charge in [-0.15, -0.1) is 0 Å². The fraction of sp³-hybridized carbons (Fsp3) is 0.0667. The van der Waals surface area contributed by atoms with Crippen LogP contribution < -0.4 is 11.4 Å². The van der Waals surface area contributed by atoms with E-state index in [0.29, 0.717) is 21.7 Å². The number of anilines is 1. The fourth-order valence-electron chi connectivity index (χ4n) is 2.22. The van der Waals surface area contributed by atoms with Gasteiger partial charge in [0.2, 0.25) is 5.91 Å². The van der Waals surface area contributed by atoms with Crippen molar-refractivity contribution in [3.05, 3.63) is 63.5 Å². The van der Waals surface area contributed by atoms with Crippen LogP contribution in [0.2, 0.25) is 5.02 Å². The summed E-state index contributed by atoms with van der Waals surface area (Å²) in [6.07, 6.45) is 0.110. The predicted octanol–water partition coefficient (Wildman–Crippen LogP) is 2.45. The normalized spacial score (nSPS) is 10.9. The molecule has 3 aromatic rings. The number of H-pyrrole nitrogens is 1. The van der Waals surface area contributed by atoms with Gasteiger partial charge in [0.25, 0.3) is 0 Å². The molecule has 2 aromatic carbocycles. The lowest BCUT2D eigenvalue weighted by Crippen LogP contribution is -2.25. The van der Waals surface area contributed by atoms with Crippen LogP contribution in [0.4, 0.5) is 5.69 Å². The molecule has 0 saturated heterocycles. The summed E-state index contributed by atoms with van der Waals surface area (Å²) < 4.78 is 1.11. The van der Waals surface area contributed by atoms with Gasteiger partial charge in [0.15, 0.2) is 0 Å². The first-order valence-corrected chi connectivity index (χ1v) is 6.70. The molecule has 3 rings (SSSR count). The second-order valence-corrected chi connectivity index (χ2v) is 5.18. The minimum Gasteiger partial charge on any atom is -0.399 e. The van der Waals surface area contributed by atoms with Crippen molar-refractivity contribution in [3.8, 4) is 0 Å². The second kappa shape index (κ2) is 5.10. The van der Waals surface area contributed by atoms with E-state index in [1.165, 1.54) is 0 Å². The number of nitrogens with one attached hydrogen (secondary N) is 1. The smallest absolute Gasteiger partial charge is 0.333 e. The first-order chi connectivity index (χ1) is 10.0. The standard InChI is InChI=1S/C15H12ClN3O2/c16-10-3-1-9(2-4-10)7-14(20)19-13-8-11(17)5-6-12(13)18-15(19)21/h1-6,8H,7,17H2,(H,18,21). The van der Waals surface area contributed by atoms with Gasteiger partial charge in [-0.1, -0.05) is 23.7 Å². The zero-order valence-corrected chi connectivity index (χ0v) is 11.7. The molecule has 0 radical (unpaired) electrons. The molecule has 6 heteroatoms. The molecule has 1 aromatic heterocycles. The predicted molar refractivity (Wildman–Crippen MR) is 82.8 cm³/mol. The maximum Gasteiger partial charge on any atom is 0.333 e. The summed E-state index contributed by atoms with van der Waals surface area (Å²) in [7, 11) is 0. The Balaban J connectivity index is 2.01. The summed E-state index contributed by atoms with van der Waals surface area (Å²) in [5, 5.41) is 0.600. The van der Waals surface area contributed by atoms with Crippen LogP contribution in [0.5, 0.6) is 0 Å². The van der Waals surface area contributed by atoms with Gasteiger partial charge in [-0.2, -0.15) is 0 Å². The van der Waals surface area contributed by atoms with Crippen LogP contribution in [0.3, 0.4) is 0 Å². The molecule has 0 atom stereocenters. The van der Waals surface area contributed by atoms with Gasteiger partial charge in [0, 0.05) is 10.7 Å². The van der Waals surface area contributed by atoms with Crippen LogP contribution in [0.15, 0.2) is 47.3 Å². The second-order valence-electron chi connectivity index (χ2n) is 4.74. The molecule has 0 unspecified atom stereocenters. The number of nitrogens with zero attached hydrogens (tertiary/aromatic N) is 1. The molecule has 0 fully saturated rings. The number of hydrogen-bond acceptors (Lipinski definition) is 3. The highest BCUT2D eigenvalue weighted by Crippen LogP contribution is 2.15. The quantitative estimate of drug-likeness (QED) is 0.713. The van der Waals surface area contributed by atoms with Crippen molar-refractivity contribution in [2.45, 2.75) is 6.42 Å². The zero-order chi connectivity index (χ0) is 15.0. The number of aromatic nitrogens is 2. The fourth-order valence-corrected chi connectivity index (χ4v) is 2.35.